The lowest BCUT2D eigenvalue weighted by atomic mass is 10.0. The van der Waals surface area contributed by atoms with Crippen LogP contribution in [0.5, 0.6) is 0 Å². The maximum absolute atomic E-state index is 12.9. The van der Waals surface area contributed by atoms with Crippen molar-refractivity contribution in [1.82, 2.24) is 0 Å². The predicted octanol–water partition coefficient (Wildman–Crippen LogP) is 16.5. The first-order valence-electron chi connectivity index (χ1n) is 28.7. The Morgan fingerprint density at radius 2 is 0.794 bits per heavy atom. The molecule has 2 unspecified atom stereocenters. The highest BCUT2D eigenvalue weighted by atomic mass is 16.7. The molecule has 9 nitrogen and oxygen atoms in total. The first-order chi connectivity index (χ1) is 33.1. The summed E-state index contributed by atoms with van der Waals surface area (Å²) in [5, 5.41) is 9.68. The van der Waals surface area contributed by atoms with E-state index < -0.39 is 24.3 Å². The second kappa shape index (κ2) is 50.9. The molecule has 0 spiro atoms. The van der Waals surface area contributed by atoms with E-state index in [1.165, 1.54) is 186 Å². The van der Waals surface area contributed by atoms with E-state index in [9.17, 15) is 19.5 Å². The molecule has 0 saturated carbocycles. The Kier molecular flexibility index (Phi) is 49.0. The lowest BCUT2D eigenvalue weighted by Crippen LogP contribution is -2.40. The number of hydrogen-bond acceptors (Lipinski definition) is 7. The Hall–Kier alpha value is -2.49. The van der Waals surface area contributed by atoms with Gasteiger partial charge in [-0.1, -0.05) is 237 Å². The molecule has 0 aliphatic heterocycles. The summed E-state index contributed by atoms with van der Waals surface area (Å²) in [7, 11) is 5.97. The minimum Gasteiger partial charge on any atom is -0.477 e. The van der Waals surface area contributed by atoms with E-state index in [1.807, 2.05) is 21.1 Å². The number of likely N-dealkylation sites (N-methyl/N-ethyl adjacent to an activating group) is 1. The Morgan fingerprint density at radius 3 is 1.18 bits per heavy atom. The third-order valence-corrected chi connectivity index (χ3v) is 12.6. The van der Waals surface area contributed by atoms with Crippen LogP contribution in [0, 0.1) is 0 Å². The number of esters is 2. The fourth-order valence-corrected chi connectivity index (χ4v) is 8.20. The molecular weight excluding hydrogens is 851 g/mol. The molecule has 0 saturated heterocycles. The van der Waals surface area contributed by atoms with Crippen molar-refractivity contribution in [2.24, 2.45) is 0 Å². The van der Waals surface area contributed by atoms with Gasteiger partial charge >= 0.3 is 17.9 Å². The molecule has 0 aliphatic rings. The Bertz CT molecular complexity index is 1210. The van der Waals surface area contributed by atoms with E-state index in [4.69, 9.17) is 18.9 Å². The van der Waals surface area contributed by atoms with E-state index in [0.717, 1.165) is 51.4 Å². The average Bonchev–Trinajstić information content (AvgIpc) is 3.30. The molecular formula is C59H110NO8+. The summed E-state index contributed by atoms with van der Waals surface area (Å²) in [5.41, 5.74) is 0. The van der Waals surface area contributed by atoms with Crippen LogP contribution in [0.15, 0.2) is 36.5 Å². The van der Waals surface area contributed by atoms with Crippen LogP contribution in [0.1, 0.15) is 264 Å². The number of carboxylic acids is 1. The molecule has 398 valence electrons. The molecule has 0 bridgehead atoms. The molecule has 0 rings (SSSR count). The number of carbonyl (C=O) groups is 3. The standard InChI is InChI=1S/C59H109NO8/c1-6-8-10-12-14-16-18-20-22-23-24-25-26-27-28-29-30-31-32-33-34-35-36-38-40-42-44-46-48-50-57(62)68-55(54-67-59(58(63)64)65-52-51-60(3,4)5)53-66-56(61)49-47-45-43-41-39-37-21-19-17-15-13-11-9-7-2/h18,20,23-24,26-27,55,59H,6-17,19,21-22,25,28-54H2,1-5H3/p+1/b20-18-,24-23-,27-26-. The number of carbonyl (C=O) groups excluding carboxylic acids is 2. The Balaban J connectivity index is 4.16. The summed E-state index contributed by atoms with van der Waals surface area (Å²) in [6.07, 6.45) is 57.9. The van der Waals surface area contributed by atoms with Gasteiger partial charge in [-0.3, -0.25) is 9.59 Å². The van der Waals surface area contributed by atoms with Gasteiger partial charge in [-0.25, -0.2) is 4.79 Å². The van der Waals surface area contributed by atoms with E-state index in [2.05, 4.69) is 50.3 Å². The molecule has 0 aliphatic carbocycles. The number of allylic oxidation sites excluding steroid dienone is 6. The van der Waals surface area contributed by atoms with Crippen molar-refractivity contribution in [3.8, 4) is 0 Å². The molecule has 68 heavy (non-hydrogen) atoms. The highest BCUT2D eigenvalue weighted by Crippen LogP contribution is 2.17. The molecule has 9 heteroatoms. The van der Waals surface area contributed by atoms with Crippen molar-refractivity contribution in [3.05, 3.63) is 36.5 Å². The second-order valence-corrected chi connectivity index (χ2v) is 20.6. The average molecular weight is 962 g/mol. The number of quaternary nitrogens is 1. The number of nitrogens with zero attached hydrogens (tertiary/aromatic N) is 1. The fourth-order valence-electron chi connectivity index (χ4n) is 8.20. The minimum atomic E-state index is -1.51. The second-order valence-electron chi connectivity index (χ2n) is 20.6. The lowest BCUT2D eigenvalue weighted by molar-refractivity contribution is -0.870. The quantitative estimate of drug-likeness (QED) is 0.0211. The Morgan fingerprint density at radius 1 is 0.441 bits per heavy atom. The zero-order chi connectivity index (χ0) is 49.9. The van der Waals surface area contributed by atoms with E-state index in [-0.39, 0.29) is 32.2 Å². The van der Waals surface area contributed by atoms with Gasteiger partial charge in [-0.05, 0) is 51.4 Å². The highest BCUT2D eigenvalue weighted by Gasteiger charge is 2.25. The minimum absolute atomic E-state index is 0.178. The van der Waals surface area contributed by atoms with Crippen LogP contribution in [-0.2, 0) is 33.3 Å². The summed E-state index contributed by atoms with van der Waals surface area (Å²) in [5.74, 6) is -1.99. The zero-order valence-electron chi connectivity index (χ0n) is 45.3. The molecule has 0 fully saturated rings. The van der Waals surface area contributed by atoms with Gasteiger partial charge in [0.15, 0.2) is 6.10 Å². The third-order valence-electron chi connectivity index (χ3n) is 12.6. The van der Waals surface area contributed by atoms with Crippen LogP contribution in [0.3, 0.4) is 0 Å². The van der Waals surface area contributed by atoms with Crippen molar-refractivity contribution in [1.29, 1.82) is 0 Å². The number of hydrogen-bond donors (Lipinski definition) is 1. The van der Waals surface area contributed by atoms with Crippen LogP contribution in [0.25, 0.3) is 0 Å². The highest BCUT2D eigenvalue weighted by molar-refractivity contribution is 5.71. The van der Waals surface area contributed by atoms with Gasteiger partial charge in [-0.2, -0.15) is 0 Å². The van der Waals surface area contributed by atoms with E-state index in [1.54, 1.807) is 0 Å². The third kappa shape index (κ3) is 51.4. The summed E-state index contributed by atoms with van der Waals surface area (Å²) in [4.78, 5) is 37.3. The van der Waals surface area contributed by atoms with E-state index in [0.29, 0.717) is 17.4 Å². The summed E-state index contributed by atoms with van der Waals surface area (Å²) < 4.78 is 22.9. The van der Waals surface area contributed by atoms with Crippen molar-refractivity contribution >= 4 is 17.9 Å². The van der Waals surface area contributed by atoms with Crippen LogP contribution < -0.4 is 0 Å². The topological polar surface area (TPSA) is 108 Å². The molecule has 2 atom stereocenters. The van der Waals surface area contributed by atoms with Gasteiger partial charge in [-0.15, -0.1) is 0 Å². The first-order valence-corrected chi connectivity index (χ1v) is 28.7. The first kappa shape index (κ1) is 65.5. The number of aliphatic carboxylic acids is 1. The molecule has 0 aromatic heterocycles. The Labute approximate surface area is 420 Å². The predicted molar refractivity (Wildman–Crippen MR) is 286 cm³/mol. The maximum atomic E-state index is 12.9. The molecule has 0 aromatic rings. The van der Waals surface area contributed by atoms with Crippen molar-refractivity contribution in [2.75, 3.05) is 47.5 Å². The summed E-state index contributed by atoms with van der Waals surface area (Å²) >= 11 is 0. The number of carboxylic acid groups (broad SMARTS) is 1. The van der Waals surface area contributed by atoms with Crippen molar-refractivity contribution in [2.45, 2.75) is 277 Å². The molecule has 0 heterocycles. The molecule has 0 radical (unpaired) electrons. The number of ether oxygens (including phenoxy) is 4. The van der Waals surface area contributed by atoms with Gasteiger partial charge < -0.3 is 28.5 Å². The van der Waals surface area contributed by atoms with Gasteiger partial charge in [0.05, 0.1) is 34.4 Å². The summed E-state index contributed by atoms with van der Waals surface area (Å²) in [6, 6.07) is 0. The summed E-state index contributed by atoms with van der Waals surface area (Å²) in [6.45, 7) is 4.89. The maximum Gasteiger partial charge on any atom is 0.361 e. The van der Waals surface area contributed by atoms with Gasteiger partial charge in [0.2, 0.25) is 0 Å². The molecule has 0 aromatic carbocycles. The fraction of sp³-hybridized carbons (Fsp3) is 0.847. The lowest BCUT2D eigenvalue weighted by Gasteiger charge is -2.25. The molecule has 0 amide bonds. The SMILES string of the molecule is CCCCCCC/C=C\C/C=C\C/C=C\CCCCCCCCCCCCCCCCC(=O)OC(COC(=O)CCCCCCCCCCCCCCCC)COC(OCC[N+](C)(C)C)C(=O)O. The van der Waals surface area contributed by atoms with Crippen LogP contribution in [-0.4, -0.2) is 87.4 Å². The van der Waals surface area contributed by atoms with Crippen molar-refractivity contribution in [3.63, 3.8) is 0 Å². The normalized spacial score (nSPS) is 13.0. The smallest absolute Gasteiger partial charge is 0.361 e. The number of rotatable bonds is 53. The van der Waals surface area contributed by atoms with Crippen LogP contribution >= 0.6 is 0 Å². The van der Waals surface area contributed by atoms with Gasteiger partial charge in [0, 0.05) is 12.8 Å². The van der Waals surface area contributed by atoms with Crippen LogP contribution in [0.4, 0.5) is 0 Å². The van der Waals surface area contributed by atoms with Crippen molar-refractivity contribution < 1.29 is 42.9 Å². The van der Waals surface area contributed by atoms with E-state index >= 15 is 0 Å². The van der Waals surface area contributed by atoms with Crippen LogP contribution in [0.2, 0.25) is 0 Å². The largest absolute Gasteiger partial charge is 0.477 e. The number of unbranched alkanes of at least 4 members (excludes halogenated alkanes) is 32. The van der Waals surface area contributed by atoms with Gasteiger partial charge in [0.1, 0.15) is 13.2 Å². The zero-order valence-corrected chi connectivity index (χ0v) is 45.3. The molecule has 1 N–H and O–H groups in total. The van der Waals surface area contributed by atoms with Gasteiger partial charge in [0.25, 0.3) is 6.29 Å². The monoisotopic (exact) mass is 961 g/mol.